The third kappa shape index (κ3) is 31.9. The number of carbonyl (C=O) groups is 2. The zero-order valence-corrected chi connectivity index (χ0v) is 41.4. The number of aliphatic hydroxyl groups excluding tert-OH is 2. The molecule has 0 radical (unpaired) electrons. The molecule has 13 heteroatoms. The summed E-state index contributed by atoms with van der Waals surface area (Å²) in [6, 6.07) is 0. The van der Waals surface area contributed by atoms with Crippen LogP contribution in [0.15, 0.2) is 40.9 Å². The number of phosphoric acid groups is 1. The molecule has 1 aromatic heterocycles. The van der Waals surface area contributed by atoms with Crippen molar-refractivity contribution in [2.75, 3.05) is 47.5 Å². The van der Waals surface area contributed by atoms with Gasteiger partial charge in [-0.15, -0.1) is 0 Å². The molecule has 1 aromatic rings. The highest BCUT2D eigenvalue weighted by Gasteiger charge is 2.27. The maximum Gasteiger partial charge on any atom is 0.472 e. The van der Waals surface area contributed by atoms with E-state index >= 15 is 0 Å². The number of quaternary nitrogens is 1. The quantitative estimate of drug-likeness (QED) is 0.0189. The minimum atomic E-state index is -4.46. The van der Waals surface area contributed by atoms with Gasteiger partial charge in [0.2, 0.25) is 0 Å². The van der Waals surface area contributed by atoms with E-state index in [4.69, 9.17) is 22.9 Å². The fraction of sp³-hybridized carbons (Fsp3) is 0.760. The smallest absolute Gasteiger partial charge is 0.466 e. The number of hydrogen-bond acceptors (Lipinski definition) is 10. The maximum atomic E-state index is 12.8. The van der Waals surface area contributed by atoms with E-state index in [1.807, 2.05) is 33.3 Å². The van der Waals surface area contributed by atoms with Crippen LogP contribution in [0.5, 0.6) is 0 Å². The van der Waals surface area contributed by atoms with Crippen LogP contribution in [0.2, 0.25) is 0 Å². The SMILES string of the molecule is CCCCC/C=C\C/C=C\C/C=C\CC(O)C(O)CCCC(=O)OC[C@H](COP(=O)(O)OCC[N+](C)(C)C)OC(=O)CCCCCCCCCCc1oc(CCCCC)c(C)c1C. The lowest BCUT2D eigenvalue weighted by Crippen LogP contribution is -2.37. The van der Waals surface area contributed by atoms with Gasteiger partial charge in [0.25, 0.3) is 0 Å². The first-order valence-corrected chi connectivity index (χ1v) is 25.7. The highest BCUT2D eigenvalue weighted by Crippen LogP contribution is 2.43. The Hall–Kier alpha value is -2.57. The van der Waals surface area contributed by atoms with E-state index in [2.05, 4.69) is 52.0 Å². The number of likely N-dealkylation sites (N-methyl/N-ethyl adjacent to an activating group) is 1. The fourth-order valence-corrected chi connectivity index (χ4v) is 7.57. The first-order chi connectivity index (χ1) is 30.1. The van der Waals surface area contributed by atoms with Crippen molar-refractivity contribution in [2.24, 2.45) is 0 Å². The minimum absolute atomic E-state index is 0.0212. The number of ether oxygens (including phenoxy) is 2. The highest BCUT2D eigenvalue weighted by molar-refractivity contribution is 7.47. The van der Waals surface area contributed by atoms with E-state index in [1.165, 1.54) is 49.7 Å². The van der Waals surface area contributed by atoms with E-state index < -0.39 is 44.7 Å². The van der Waals surface area contributed by atoms with Gasteiger partial charge in [-0.1, -0.05) is 115 Å². The minimum Gasteiger partial charge on any atom is -0.466 e. The van der Waals surface area contributed by atoms with Crippen LogP contribution in [-0.4, -0.2) is 97.3 Å². The van der Waals surface area contributed by atoms with Gasteiger partial charge < -0.3 is 33.5 Å². The second kappa shape index (κ2) is 35.7. The Bertz CT molecular complexity index is 1480. The Balaban J connectivity index is 2.44. The van der Waals surface area contributed by atoms with Gasteiger partial charge in [0.15, 0.2) is 6.10 Å². The van der Waals surface area contributed by atoms with Crippen LogP contribution in [0.25, 0.3) is 0 Å². The number of phosphoric ester groups is 1. The van der Waals surface area contributed by atoms with Crippen molar-refractivity contribution < 1.29 is 56.7 Å². The molecule has 12 nitrogen and oxygen atoms in total. The van der Waals surface area contributed by atoms with Crippen LogP contribution in [0.4, 0.5) is 0 Å². The molecule has 0 amide bonds. The van der Waals surface area contributed by atoms with Gasteiger partial charge in [0.05, 0.1) is 40.0 Å². The van der Waals surface area contributed by atoms with E-state index in [0.717, 1.165) is 88.6 Å². The number of aliphatic hydroxyl groups is 2. The molecule has 0 aromatic carbocycles. The summed E-state index contributed by atoms with van der Waals surface area (Å²) in [6.45, 7) is 8.34. The normalized spacial score (nSPS) is 14.8. The molecule has 1 rings (SSSR count). The molecule has 0 aliphatic heterocycles. The number of allylic oxidation sites excluding steroid dienone is 5. The van der Waals surface area contributed by atoms with E-state index in [9.17, 15) is 29.3 Å². The zero-order chi connectivity index (χ0) is 46.8. The molecular weight excluding hydrogens is 822 g/mol. The average Bonchev–Trinajstić information content (AvgIpc) is 3.49. The lowest BCUT2D eigenvalue weighted by molar-refractivity contribution is -0.870. The van der Waals surface area contributed by atoms with Crippen molar-refractivity contribution in [3.63, 3.8) is 0 Å². The first-order valence-electron chi connectivity index (χ1n) is 24.2. The second-order valence-corrected chi connectivity index (χ2v) is 19.5. The number of furan rings is 1. The number of rotatable bonds is 40. The molecule has 0 saturated heterocycles. The monoisotopic (exact) mass is 911 g/mol. The molecule has 0 fully saturated rings. The number of nitrogens with zero attached hydrogens (tertiary/aromatic N) is 1. The summed E-state index contributed by atoms with van der Waals surface area (Å²) in [5.74, 6) is 1.20. The van der Waals surface area contributed by atoms with Crippen molar-refractivity contribution in [3.05, 3.63) is 59.1 Å². The molecule has 0 aliphatic rings. The van der Waals surface area contributed by atoms with Crippen LogP contribution in [-0.2, 0) is 45.5 Å². The van der Waals surface area contributed by atoms with Gasteiger partial charge in [-0.2, -0.15) is 0 Å². The van der Waals surface area contributed by atoms with Crippen molar-refractivity contribution in [1.29, 1.82) is 0 Å². The molecule has 3 unspecified atom stereocenters. The van der Waals surface area contributed by atoms with Crippen molar-refractivity contribution in [1.82, 2.24) is 0 Å². The Morgan fingerprint density at radius 2 is 1.21 bits per heavy atom. The summed E-state index contributed by atoms with van der Waals surface area (Å²) in [6.07, 6.45) is 30.5. The Morgan fingerprint density at radius 3 is 1.83 bits per heavy atom. The van der Waals surface area contributed by atoms with Gasteiger partial charge in [-0.05, 0) is 89.2 Å². The Morgan fingerprint density at radius 1 is 0.667 bits per heavy atom. The van der Waals surface area contributed by atoms with Gasteiger partial charge >= 0.3 is 19.8 Å². The number of aryl methyl sites for hydroxylation is 2. The topological polar surface area (TPSA) is 162 Å². The summed E-state index contributed by atoms with van der Waals surface area (Å²) >= 11 is 0. The average molecular weight is 911 g/mol. The van der Waals surface area contributed by atoms with Gasteiger partial charge in [-0.3, -0.25) is 18.6 Å². The predicted molar refractivity (Wildman–Crippen MR) is 253 cm³/mol. The van der Waals surface area contributed by atoms with Gasteiger partial charge in [0, 0.05) is 25.7 Å². The second-order valence-electron chi connectivity index (χ2n) is 18.0. The predicted octanol–water partition coefficient (Wildman–Crippen LogP) is 11.3. The molecule has 1 heterocycles. The van der Waals surface area contributed by atoms with Crippen LogP contribution in [0, 0.1) is 13.8 Å². The number of esters is 2. The van der Waals surface area contributed by atoms with Crippen LogP contribution >= 0.6 is 7.82 Å². The molecule has 364 valence electrons. The summed E-state index contributed by atoms with van der Waals surface area (Å²) < 4.78 is 40.5. The number of hydrogen-bond donors (Lipinski definition) is 3. The summed E-state index contributed by atoms with van der Waals surface area (Å²) in [5, 5.41) is 20.8. The standard InChI is InChI=1S/C50H88NO11P/c1-8-10-12-13-14-15-16-17-18-21-24-28-32-45(52)46(53)33-31-37-49(54)58-40-44(41-60-63(56,57)59-39-38-51(5,6)7)61-50(55)36-30-26-23-20-19-22-25-29-35-48-43(4)42(3)47(62-48)34-27-11-9-2/h14-15,17-18,24,28,44-46,52-53H,8-13,16,19-23,25-27,29-41H2,1-7H3/p+1/b15-14-,18-17-,28-24-/t44-,45?,46?/m1/s1. The van der Waals surface area contributed by atoms with Crippen molar-refractivity contribution in [3.8, 4) is 0 Å². The van der Waals surface area contributed by atoms with E-state index in [-0.39, 0.29) is 38.9 Å². The number of unbranched alkanes of at least 4 members (excludes halogenated alkanes) is 12. The van der Waals surface area contributed by atoms with Gasteiger partial charge in [-0.25, -0.2) is 4.57 Å². The lowest BCUT2D eigenvalue weighted by atomic mass is 10.0. The molecule has 3 N–H and O–H groups in total. The van der Waals surface area contributed by atoms with Gasteiger partial charge in [0.1, 0.15) is 31.3 Å². The van der Waals surface area contributed by atoms with Crippen LogP contribution < -0.4 is 0 Å². The maximum absolute atomic E-state index is 12.8. The molecule has 0 saturated carbocycles. The molecule has 4 atom stereocenters. The zero-order valence-electron chi connectivity index (χ0n) is 40.5. The summed E-state index contributed by atoms with van der Waals surface area (Å²) in [7, 11) is 1.30. The Kier molecular flexibility index (Phi) is 33.1. The van der Waals surface area contributed by atoms with Crippen molar-refractivity contribution >= 4 is 19.8 Å². The molecule has 63 heavy (non-hydrogen) atoms. The van der Waals surface area contributed by atoms with Crippen molar-refractivity contribution in [2.45, 2.75) is 200 Å². The van der Waals surface area contributed by atoms with E-state index in [1.54, 1.807) is 0 Å². The van der Waals surface area contributed by atoms with E-state index in [0.29, 0.717) is 23.9 Å². The fourth-order valence-electron chi connectivity index (χ4n) is 6.82. The van der Waals surface area contributed by atoms with Crippen LogP contribution in [0.3, 0.4) is 0 Å². The highest BCUT2D eigenvalue weighted by atomic mass is 31.2. The largest absolute Gasteiger partial charge is 0.472 e. The lowest BCUT2D eigenvalue weighted by Gasteiger charge is -2.24. The van der Waals surface area contributed by atoms with Crippen LogP contribution in [0.1, 0.15) is 178 Å². The molecular formula is C50H89NO11P+. The third-order valence-corrected chi connectivity index (χ3v) is 12.1. The molecule has 0 bridgehead atoms. The molecule has 0 aliphatic carbocycles. The molecule has 0 spiro atoms. The summed E-state index contributed by atoms with van der Waals surface area (Å²) in [4.78, 5) is 35.6. The number of carbonyl (C=O) groups excluding carboxylic acids is 2. The first kappa shape index (κ1) is 58.4. The third-order valence-electron chi connectivity index (χ3n) is 11.1. The Labute approximate surface area is 382 Å². The summed E-state index contributed by atoms with van der Waals surface area (Å²) in [5.41, 5.74) is 2.63.